The second-order valence-corrected chi connectivity index (χ2v) is 20.5. The lowest BCUT2D eigenvalue weighted by atomic mass is 9.49. The van der Waals surface area contributed by atoms with Crippen molar-refractivity contribution in [2.45, 2.75) is 120 Å². The lowest BCUT2D eigenvalue weighted by Gasteiger charge is -2.59. The van der Waals surface area contributed by atoms with Gasteiger partial charge in [-0.2, -0.15) is 0 Å². The summed E-state index contributed by atoms with van der Waals surface area (Å²) in [5.74, 6) is 12.0. The highest BCUT2D eigenvalue weighted by Gasteiger charge is 2.56. The summed E-state index contributed by atoms with van der Waals surface area (Å²) >= 11 is 0. The van der Waals surface area contributed by atoms with Crippen LogP contribution in [0, 0.1) is 58.7 Å². The summed E-state index contributed by atoms with van der Waals surface area (Å²) in [4.78, 5) is 27.1. The number of fused-ring (bicyclic) bond motifs is 2. The number of rotatable bonds is 9. The van der Waals surface area contributed by atoms with E-state index >= 15 is 0 Å². The predicted octanol–water partition coefficient (Wildman–Crippen LogP) is 7.57. The first-order valence-corrected chi connectivity index (χ1v) is 24.0. The number of carbonyl (C=O) groups is 2. The van der Waals surface area contributed by atoms with Gasteiger partial charge in [-0.1, -0.05) is 60.4 Å². The van der Waals surface area contributed by atoms with E-state index in [1.54, 1.807) is 6.07 Å². The largest absolute Gasteiger partial charge is 0.504 e. The van der Waals surface area contributed by atoms with Crippen molar-refractivity contribution in [3.8, 4) is 23.3 Å². The van der Waals surface area contributed by atoms with Crippen LogP contribution in [0.4, 0.5) is 0 Å². The number of aliphatic hydroxyl groups excluding tert-OH is 2. The molecule has 1 saturated heterocycles. The third-order valence-corrected chi connectivity index (χ3v) is 17.2. The smallest absolute Gasteiger partial charge is 0.160 e. The average molecular weight is 852 g/mol. The molecular formula is C54H65N3O6. The number of allylic oxidation sites excluding steroid dienone is 2. The van der Waals surface area contributed by atoms with Gasteiger partial charge >= 0.3 is 0 Å². The van der Waals surface area contributed by atoms with Crippen molar-refractivity contribution in [3.05, 3.63) is 94.8 Å². The minimum absolute atomic E-state index is 0.00294. The molecule has 0 bridgehead atoms. The number of methoxy groups -OCH3 is 1. The summed E-state index contributed by atoms with van der Waals surface area (Å²) in [6.45, 7) is 1.61. The Balaban J connectivity index is 0.886. The molecule has 0 unspecified atom stereocenters. The molecule has 0 radical (unpaired) electrons. The van der Waals surface area contributed by atoms with E-state index in [0.29, 0.717) is 116 Å². The molecule has 9 heteroatoms. The molecular weight excluding hydrogens is 787 g/mol. The van der Waals surface area contributed by atoms with Crippen LogP contribution in [0.3, 0.4) is 0 Å². The monoisotopic (exact) mass is 851 g/mol. The van der Waals surface area contributed by atoms with Crippen molar-refractivity contribution in [2.24, 2.45) is 52.6 Å². The Morgan fingerprint density at radius 1 is 0.921 bits per heavy atom. The van der Waals surface area contributed by atoms with Gasteiger partial charge in [0.05, 0.1) is 25.1 Å². The molecule has 332 valence electrons. The molecule has 9 nitrogen and oxygen atoms in total. The molecule has 3 aromatic carbocycles. The molecule has 5 fully saturated rings. The summed E-state index contributed by atoms with van der Waals surface area (Å²) < 4.78 is 5.54. The number of carbonyl (C=O) groups excluding carboxylic acids is 2. The molecule has 7 aliphatic rings. The maximum Gasteiger partial charge on any atom is 0.160 e. The Bertz CT molecular complexity index is 2350. The van der Waals surface area contributed by atoms with Crippen molar-refractivity contribution < 1.29 is 29.6 Å². The maximum atomic E-state index is 14.5. The summed E-state index contributed by atoms with van der Waals surface area (Å²) in [6.07, 6.45) is 12.9. The fourth-order valence-corrected chi connectivity index (χ4v) is 14.1. The van der Waals surface area contributed by atoms with Gasteiger partial charge in [0.1, 0.15) is 11.2 Å². The predicted molar refractivity (Wildman–Crippen MR) is 245 cm³/mol. The van der Waals surface area contributed by atoms with Crippen LogP contribution in [0.5, 0.6) is 11.5 Å². The van der Waals surface area contributed by atoms with E-state index in [1.807, 2.05) is 24.3 Å². The van der Waals surface area contributed by atoms with Crippen LogP contribution in [0.1, 0.15) is 112 Å². The van der Waals surface area contributed by atoms with Gasteiger partial charge in [-0.25, -0.2) is 0 Å². The normalized spacial score (nSPS) is 34.7. The number of hydrogen-bond donors (Lipinski definition) is 6. The Morgan fingerprint density at radius 3 is 2.57 bits per heavy atom. The van der Waals surface area contributed by atoms with Crippen molar-refractivity contribution in [1.82, 2.24) is 10.6 Å². The van der Waals surface area contributed by atoms with E-state index in [4.69, 9.17) is 10.5 Å². The summed E-state index contributed by atoms with van der Waals surface area (Å²) in [7, 11) is 1.53. The Morgan fingerprint density at radius 2 is 1.75 bits per heavy atom. The highest BCUT2D eigenvalue weighted by atomic mass is 16.5. The van der Waals surface area contributed by atoms with E-state index in [9.17, 15) is 24.9 Å². The molecule has 1 spiro atoms. The van der Waals surface area contributed by atoms with E-state index in [1.165, 1.54) is 20.0 Å². The van der Waals surface area contributed by atoms with Gasteiger partial charge in [0.15, 0.2) is 17.3 Å². The fraction of sp³-hybridized carbons (Fsp3) is 0.556. The van der Waals surface area contributed by atoms with Gasteiger partial charge in [-0.3, -0.25) is 9.59 Å². The van der Waals surface area contributed by atoms with Gasteiger partial charge in [0.25, 0.3) is 0 Å². The summed E-state index contributed by atoms with van der Waals surface area (Å²) in [5, 5.41) is 44.6. The first kappa shape index (κ1) is 42.3. The highest BCUT2D eigenvalue weighted by molar-refractivity contribution is 5.89. The number of nitrogens with one attached hydrogen (secondary N) is 2. The Labute approximate surface area is 372 Å². The molecule has 10 rings (SSSR count). The van der Waals surface area contributed by atoms with Crippen molar-refractivity contribution >= 4 is 22.3 Å². The maximum absolute atomic E-state index is 14.5. The molecule has 5 aliphatic carbocycles. The average Bonchev–Trinajstić information content (AvgIpc) is 3.34. The standard InChI is InChI=1S/C54H65N3O6/c1-63-48-24-36-11-13-49(61)54(18-15-34(25-50(54)62)40-21-38-8-9-39-23-43(59)28-46-53(39)52(38)41(22-40)30-57-46)17-14-32(45(36)29-47(48)60)10-12-42(58)27-44(37-16-19-56-51(55)26-37)35-7-6-31-4-2-3-5-33(31)20-35/h2-7,16,20,24,26,29,32,34,38-42,44,46,50,52-53,56-58,60,62H,8-13,15,18-19,21-23,25,27-28,30,55H2,1H3/t32-,34-,38+,39+,40-,41+,42-,44-,46-,50+,52-,53-,54+/m0/s1. The quantitative estimate of drug-likeness (QED) is 0.120. The number of phenols is 1. The molecule has 13 atom stereocenters. The van der Waals surface area contributed by atoms with E-state index in [2.05, 4.69) is 58.9 Å². The van der Waals surface area contributed by atoms with Crippen molar-refractivity contribution in [3.63, 3.8) is 0 Å². The third kappa shape index (κ3) is 8.10. The number of Topliss-reactive ketones (excluding diaryl/α,β-unsaturated/α-hetero) is 2. The number of aliphatic hydroxyl groups is 2. The zero-order chi connectivity index (χ0) is 43.4. The molecule has 2 heterocycles. The van der Waals surface area contributed by atoms with Gasteiger partial charge in [0, 0.05) is 43.7 Å². The molecule has 7 N–H and O–H groups in total. The van der Waals surface area contributed by atoms with Crippen LogP contribution in [-0.2, 0) is 16.0 Å². The number of aromatic hydroxyl groups is 1. The Kier molecular flexibility index (Phi) is 11.7. The van der Waals surface area contributed by atoms with Crippen LogP contribution >= 0.6 is 0 Å². The van der Waals surface area contributed by atoms with E-state index in [0.717, 1.165) is 65.3 Å². The number of phenolic OH excluding ortho intramolecular Hbond substituents is 1. The number of nitrogens with two attached hydrogens (primary N) is 1. The van der Waals surface area contributed by atoms with Gasteiger partial charge < -0.3 is 36.4 Å². The second kappa shape index (κ2) is 17.4. The molecule has 4 saturated carbocycles. The van der Waals surface area contributed by atoms with Crippen LogP contribution in [-0.4, -0.2) is 65.3 Å². The zero-order valence-electron chi connectivity index (χ0n) is 36.7. The second-order valence-electron chi connectivity index (χ2n) is 20.5. The minimum Gasteiger partial charge on any atom is -0.504 e. The number of ketones is 2. The van der Waals surface area contributed by atoms with Crippen LogP contribution in [0.25, 0.3) is 10.8 Å². The fourth-order valence-electron chi connectivity index (χ4n) is 14.1. The summed E-state index contributed by atoms with van der Waals surface area (Å²) in [6, 6.07) is 18.7. The lowest BCUT2D eigenvalue weighted by Crippen LogP contribution is -2.61. The Hall–Kier alpha value is -4.62. The summed E-state index contributed by atoms with van der Waals surface area (Å²) in [5.41, 5.74) is 9.05. The third-order valence-electron chi connectivity index (χ3n) is 17.2. The molecule has 3 aromatic rings. The number of ether oxygens (including phenoxy) is 1. The highest BCUT2D eigenvalue weighted by Crippen LogP contribution is 2.58. The lowest BCUT2D eigenvalue weighted by molar-refractivity contribution is -0.137. The van der Waals surface area contributed by atoms with Gasteiger partial charge in [0.2, 0.25) is 0 Å². The number of aryl methyl sites for hydroxylation is 1. The molecule has 0 amide bonds. The van der Waals surface area contributed by atoms with Crippen LogP contribution in [0.2, 0.25) is 0 Å². The molecule has 63 heavy (non-hydrogen) atoms. The number of benzene rings is 3. The van der Waals surface area contributed by atoms with Crippen LogP contribution in [0.15, 0.2) is 78.1 Å². The van der Waals surface area contributed by atoms with Gasteiger partial charge in [-0.15, -0.1) is 0 Å². The van der Waals surface area contributed by atoms with Crippen molar-refractivity contribution in [2.75, 3.05) is 20.2 Å². The minimum atomic E-state index is -1.15. The number of piperidine rings is 1. The molecule has 2 aliphatic heterocycles. The van der Waals surface area contributed by atoms with E-state index in [-0.39, 0.29) is 29.8 Å². The molecule has 0 aromatic heterocycles. The van der Waals surface area contributed by atoms with E-state index < -0.39 is 17.6 Å². The van der Waals surface area contributed by atoms with Gasteiger partial charge in [-0.05, 0) is 170 Å². The number of dihydropyridines is 1. The topological polar surface area (TPSA) is 154 Å². The first-order valence-electron chi connectivity index (χ1n) is 24.0. The first-order chi connectivity index (χ1) is 30.6. The van der Waals surface area contributed by atoms with Crippen molar-refractivity contribution in [1.29, 1.82) is 0 Å². The SMILES string of the molecule is COc1cc2c(cc1O)[C@@H](CC[C@H](O)C[C@H](C1=CCNC(N)=C1)c1ccc3ccccc3c1)C#C[C@@]1(CC[C@H]([C@H]3C[C@H]4CC[C@@H]5CC(=O)C[C@@H]6NC[C@@H](C3)[C@H]4[C@@H]56)C[C@H]1O)C(=O)CC2. The number of hydrogen-bond acceptors (Lipinski definition) is 9. The van der Waals surface area contributed by atoms with Crippen LogP contribution < -0.4 is 21.1 Å². The zero-order valence-corrected chi connectivity index (χ0v) is 36.7.